The van der Waals surface area contributed by atoms with Gasteiger partial charge in [-0.25, -0.2) is 32.8 Å². The average molecular weight is 2100 g/mol. The lowest BCUT2D eigenvalue weighted by atomic mass is 10.0. The van der Waals surface area contributed by atoms with E-state index in [-0.39, 0.29) is 181 Å². The maximum atomic E-state index is 12.6. The minimum atomic E-state index is -0.643. The van der Waals surface area contributed by atoms with Gasteiger partial charge in [-0.15, -0.1) is 0 Å². The zero-order valence-corrected chi connectivity index (χ0v) is 89.5. The first-order chi connectivity index (χ1) is 66.7. The quantitative estimate of drug-likeness (QED) is 0.0728. The minimum absolute atomic E-state index is 0.000880. The zero-order valence-electron chi connectivity index (χ0n) is 85.8. The number of pyridine rings is 4. The topological polar surface area (TPSA) is 530 Å². The maximum Gasteiger partial charge on any atom is 0.275 e. The predicted octanol–water partition coefficient (Wildman–Crippen LogP) is 18.0. The smallest absolute Gasteiger partial charge is 0.275 e. The molecule has 0 saturated heterocycles. The van der Waals surface area contributed by atoms with Crippen LogP contribution in [0.4, 0.5) is 0 Å². The van der Waals surface area contributed by atoms with E-state index in [1.807, 2.05) is 135 Å². The van der Waals surface area contributed by atoms with Gasteiger partial charge in [-0.2, -0.15) is 0 Å². The van der Waals surface area contributed by atoms with Crippen molar-refractivity contribution in [3.8, 4) is 63.2 Å². The first-order valence-corrected chi connectivity index (χ1v) is 47.4. The summed E-state index contributed by atoms with van der Waals surface area (Å²) in [4.78, 5) is 157. The molecule has 0 atom stereocenters. The monoisotopic (exact) mass is 2090 g/mol. The van der Waals surface area contributed by atoms with Crippen LogP contribution in [0.15, 0.2) is 149 Å². The van der Waals surface area contributed by atoms with Crippen LogP contribution < -0.4 is 66.2 Å². The number of phenolic OH excluding ortho intramolecular Hbond substituents is 11. The molecule has 0 spiro atoms. The van der Waals surface area contributed by atoms with Crippen LogP contribution >= 0.6 is 58.0 Å². The Morgan fingerprint density at radius 3 is 1.10 bits per heavy atom. The number of aryl methyl sites for hydroxylation is 4. The molecule has 0 radical (unpaired) electrons. The molecule has 16 rings (SSSR count). The van der Waals surface area contributed by atoms with E-state index in [0.29, 0.717) is 55.0 Å². The highest BCUT2D eigenvalue weighted by molar-refractivity contribution is 6.39. The van der Waals surface area contributed by atoms with E-state index in [4.69, 9.17) is 58.0 Å². The van der Waals surface area contributed by atoms with Crippen LogP contribution in [0, 0.1) is 34.6 Å². The summed E-state index contributed by atoms with van der Waals surface area (Å²) in [6.07, 6.45) is 6.82. The van der Waals surface area contributed by atoms with Gasteiger partial charge in [0, 0.05) is 109 Å². The largest absolute Gasteiger partial charge is 0.508 e. The minimum Gasteiger partial charge on any atom is -0.508 e. The molecule has 8 aromatic carbocycles. The van der Waals surface area contributed by atoms with Gasteiger partial charge >= 0.3 is 0 Å². The van der Waals surface area contributed by atoms with Crippen LogP contribution in [0.3, 0.4) is 0 Å². The summed E-state index contributed by atoms with van der Waals surface area (Å²) >= 11 is 29.8. The molecule has 8 aromatic heterocycles. The third kappa shape index (κ3) is 22.7. The Kier molecular flexibility index (Phi) is 33.8. The molecule has 0 aliphatic heterocycles. The van der Waals surface area contributed by atoms with Crippen molar-refractivity contribution in [1.29, 1.82) is 0 Å². The van der Waals surface area contributed by atoms with Gasteiger partial charge in [-0.3, -0.25) is 62.6 Å². The molecule has 0 bridgehead atoms. The van der Waals surface area contributed by atoms with Gasteiger partial charge in [-0.05, 0) is 219 Å². The lowest BCUT2D eigenvalue weighted by molar-refractivity contribution is 0.290. The lowest BCUT2D eigenvalue weighted by Gasteiger charge is -2.26. The zero-order chi connectivity index (χ0) is 110. The summed E-state index contributed by atoms with van der Waals surface area (Å²) in [6, 6.07) is 15.8. The summed E-state index contributed by atoms with van der Waals surface area (Å²) in [5.41, 5.74) is 2.24. The molecule has 774 valence electrons. The van der Waals surface area contributed by atoms with Crippen molar-refractivity contribution in [1.82, 2.24) is 57.4 Å². The number of halogens is 5. The molecule has 35 nitrogen and oxygen atoms in total. The summed E-state index contributed by atoms with van der Waals surface area (Å²) in [6.45, 7) is 45.8. The highest BCUT2D eigenvalue weighted by atomic mass is 35.5. The number of phenols is 11. The van der Waals surface area contributed by atoms with E-state index < -0.39 is 67.6 Å². The van der Waals surface area contributed by atoms with Crippen molar-refractivity contribution in [2.75, 3.05) is 0 Å². The van der Waals surface area contributed by atoms with Crippen LogP contribution in [0.25, 0.3) is 86.7 Å². The van der Waals surface area contributed by atoms with Gasteiger partial charge < -0.3 is 75.7 Å². The molecular weight excluding hydrogens is 1970 g/mol. The molecule has 145 heavy (non-hydrogen) atoms. The normalized spacial score (nSPS) is 11.7. The number of aromatic nitrogens is 12. The van der Waals surface area contributed by atoms with Crippen LogP contribution in [0.5, 0.6) is 63.2 Å². The second kappa shape index (κ2) is 42.9. The van der Waals surface area contributed by atoms with E-state index in [9.17, 15) is 114 Å². The van der Waals surface area contributed by atoms with Crippen molar-refractivity contribution in [3.05, 3.63) is 290 Å². The number of hydrogen-bond donors (Lipinski definition) is 15. The number of nitrogens with one attached hydrogen (secondary N) is 4. The molecule has 0 fully saturated rings. The molecule has 8 heterocycles. The van der Waals surface area contributed by atoms with Gasteiger partial charge in [0.05, 0.1) is 113 Å². The second-order valence-electron chi connectivity index (χ2n) is 40.4. The Balaban J connectivity index is 0.000000185. The molecular formula is C105H121Cl5N12O23. The third-order valence-corrected chi connectivity index (χ3v) is 26.2. The molecule has 40 heteroatoms. The van der Waals surface area contributed by atoms with Crippen LogP contribution in [0.2, 0.25) is 25.1 Å². The number of benzene rings is 8. The van der Waals surface area contributed by atoms with Gasteiger partial charge in [0.1, 0.15) is 33.8 Å². The Morgan fingerprint density at radius 2 is 0.621 bits per heavy atom. The first kappa shape index (κ1) is 114. The number of nitrogens with zero attached hydrogens (tertiary/aromatic N) is 8. The standard InChI is InChI=1S/C14H17ClN2O3.C14H18N2O3.C14H17NO2.C13H15ClN2O4.C13H15ClN2O3.C13H15NO2.2C12H12ClNO3/c1-7-9(18)6-8-10(11(7)15)13(20)16(5)17(12(8)19)14(2,3)4;1-8-6-9-10(7-11(8)17)13(19)16(14(2,3)4)15(5)12(9)18;1-8(2)11-7-15(4)12-5-9(3)13(16)6-10(12)14(11)17;1-13(2,3)16-12(20)8-6(11(19)15(16)4)5-7(17)10(18)9(8)14;1-6-8(17)5-7-9(10(6)14)11(18)15-16(12(7)19)13(2,3)4;1-7(2)10-6-14-11-4-8(3)12(15)5-9(11)13(10)16;1-5(2)6-4-14-7-3-8(15)12(17)10(13)9(7)11(6)16;1-5(2)7-4-14-10-6(11(7)16)3-8(15)12(17)9(10)13/h6,18H,1-5H3;6-7,17H,1-5H3;5-8,16H,1-4H3;5,17-18H,1-4H3;5,17H,1-4H3,(H,15,18);4-7,15H,1-3H3,(H,14,16);2*3-5,15,17H,1-2H3,(H,14,16). The summed E-state index contributed by atoms with van der Waals surface area (Å²) in [7, 11) is 6.50. The number of aromatic amines is 4. The highest BCUT2D eigenvalue weighted by Crippen LogP contribution is 2.42. The number of H-pyrrole nitrogens is 4. The first-order valence-electron chi connectivity index (χ1n) is 45.6. The van der Waals surface area contributed by atoms with E-state index >= 15 is 0 Å². The number of aromatic hydroxyl groups is 11. The van der Waals surface area contributed by atoms with Crippen molar-refractivity contribution in [3.63, 3.8) is 0 Å². The predicted molar refractivity (Wildman–Crippen MR) is 575 cm³/mol. The fourth-order valence-corrected chi connectivity index (χ4v) is 17.6. The van der Waals surface area contributed by atoms with Crippen molar-refractivity contribution >= 4 is 145 Å². The molecule has 16 aromatic rings. The van der Waals surface area contributed by atoms with E-state index in [2.05, 4.69) is 20.1 Å². The fraction of sp³-hybridized carbons (Fsp3) is 0.352. The van der Waals surface area contributed by atoms with Crippen molar-refractivity contribution in [2.45, 2.75) is 219 Å². The van der Waals surface area contributed by atoms with Crippen molar-refractivity contribution in [2.24, 2.45) is 28.2 Å². The highest BCUT2D eigenvalue weighted by Gasteiger charge is 2.30. The molecule has 0 aliphatic carbocycles. The van der Waals surface area contributed by atoms with Crippen LogP contribution in [0.1, 0.15) is 212 Å². The SMILES string of the molecule is CC(C)c1c[nH]c2c(Cl)c(O)c(O)cc2c1=O.CC(C)c1c[nH]c2cc(O)c(O)c(Cl)c2c1=O.Cc1c(O)cc2c(=O)n(C(C)(C)C)[nH]c(=O)c2c1Cl.Cc1c(O)cc2c(=O)n(C(C)(C)C)n(C)c(=O)c2c1Cl.Cc1cc2[nH]cc(C(C)C)c(=O)c2cc1O.Cc1cc2c(=O)n(C)n(C(C)(C)C)c(=O)c2cc1O.Cc1cc2c(cc1O)c(=O)c(C(C)C)cn2C.Cn1c(=O)c2cc(O)c(O)c(Cl)c2c(=O)n1C(C)(C)C. The van der Waals surface area contributed by atoms with Gasteiger partial charge in [0.15, 0.2) is 56.2 Å². The molecule has 0 aliphatic rings. The molecule has 0 amide bonds. The van der Waals surface area contributed by atoms with E-state index in [1.54, 1.807) is 106 Å². The Morgan fingerprint density at radius 1 is 0.290 bits per heavy atom. The van der Waals surface area contributed by atoms with Crippen molar-refractivity contribution < 1.29 is 56.2 Å². The average Bonchev–Trinajstić information content (AvgIpc) is 0.737. The second-order valence-corrected chi connectivity index (χ2v) is 42.3. The number of rotatable bonds is 4. The van der Waals surface area contributed by atoms with Gasteiger partial charge in [0.25, 0.3) is 44.5 Å². The Hall–Kier alpha value is -14.4. The number of hydrogen-bond acceptors (Lipinski definition) is 23. The molecule has 0 saturated carbocycles. The lowest BCUT2D eigenvalue weighted by Crippen LogP contribution is -2.45. The van der Waals surface area contributed by atoms with E-state index in [0.717, 1.165) is 39.4 Å². The van der Waals surface area contributed by atoms with Crippen LogP contribution in [-0.4, -0.2) is 114 Å². The summed E-state index contributed by atoms with van der Waals surface area (Å²) in [5, 5.41) is 111. The summed E-state index contributed by atoms with van der Waals surface area (Å²) in [5.74, 6) is -2.12. The fourth-order valence-electron chi connectivity index (χ4n) is 16.3. The van der Waals surface area contributed by atoms with Gasteiger partial charge in [0.2, 0.25) is 0 Å². The molecule has 15 N–H and O–H groups in total. The number of fused-ring (bicyclic) bond motifs is 8. The third-order valence-electron chi connectivity index (χ3n) is 24.1. The Bertz CT molecular complexity index is 8740. The maximum absolute atomic E-state index is 12.6. The summed E-state index contributed by atoms with van der Waals surface area (Å²) < 4.78 is 11.0. The Labute approximate surface area is 853 Å². The molecule has 0 unspecified atom stereocenters. The van der Waals surface area contributed by atoms with E-state index in [1.165, 1.54) is 83.3 Å². The van der Waals surface area contributed by atoms with Gasteiger partial charge in [-0.1, -0.05) is 113 Å². The van der Waals surface area contributed by atoms with Crippen LogP contribution in [-0.2, 0) is 50.3 Å².